The summed E-state index contributed by atoms with van der Waals surface area (Å²) >= 11 is 11.9. The van der Waals surface area contributed by atoms with E-state index in [1.54, 1.807) is 23.1 Å². The molecule has 3 rings (SSSR count). The smallest absolute Gasteiger partial charge is 0.328 e. The number of likely N-dealkylation sites (tertiary alicyclic amines) is 1. The topological polar surface area (TPSA) is 92.2 Å². The number of carbonyl (C=O) groups is 2. The zero-order valence-corrected chi connectivity index (χ0v) is 15.8. The molecule has 1 saturated heterocycles. The Labute approximate surface area is 164 Å². The van der Waals surface area contributed by atoms with Gasteiger partial charge in [0, 0.05) is 36.8 Å². The van der Waals surface area contributed by atoms with Gasteiger partial charge in [0.05, 0.1) is 10.0 Å². The van der Waals surface area contributed by atoms with E-state index in [4.69, 9.17) is 23.2 Å². The van der Waals surface area contributed by atoms with Gasteiger partial charge in [0.1, 0.15) is 6.54 Å². The Bertz CT molecular complexity index is 991. The van der Waals surface area contributed by atoms with Crippen LogP contribution in [0.3, 0.4) is 0 Å². The van der Waals surface area contributed by atoms with E-state index in [-0.39, 0.29) is 24.2 Å². The minimum atomic E-state index is -0.625. The number of H-pyrrole nitrogens is 1. The van der Waals surface area contributed by atoms with Crippen molar-refractivity contribution in [2.45, 2.75) is 19.4 Å². The van der Waals surface area contributed by atoms with E-state index in [0.29, 0.717) is 41.5 Å². The van der Waals surface area contributed by atoms with E-state index in [0.717, 1.165) is 4.57 Å². The Morgan fingerprint density at radius 1 is 1.07 bits per heavy atom. The number of hydrogen-bond donors (Lipinski definition) is 1. The lowest BCUT2D eigenvalue weighted by molar-refractivity contribution is -0.133. The molecule has 1 aromatic carbocycles. The molecular formula is C18H17Cl2N3O4. The van der Waals surface area contributed by atoms with Gasteiger partial charge < -0.3 is 4.90 Å². The second-order valence-corrected chi connectivity index (χ2v) is 7.20. The molecular weight excluding hydrogens is 393 g/mol. The van der Waals surface area contributed by atoms with Crippen molar-refractivity contribution in [1.82, 2.24) is 14.5 Å². The lowest BCUT2D eigenvalue weighted by Crippen LogP contribution is -2.43. The molecule has 27 heavy (non-hydrogen) atoms. The molecule has 2 aromatic rings. The fourth-order valence-corrected chi connectivity index (χ4v) is 3.39. The molecule has 0 spiro atoms. The predicted octanol–water partition coefficient (Wildman–Crippen LogP) is 1.96. The predicted molar refractivity (Wildman–Crippen MR) is 101 cm³/mol. The monoisotopic (exact) mass is 409 g/mol. The van der Waals surface area contributed by atoms with E-state index in [2.05, 4.69) is 4.98 Å². The normalized spacial score (nSPS) is 15.0. The first-order valence-corrected chi connectivity index (χ1v) is 9.17. The average molecular weight is 410 g/mol. The molecule has 142 valence electrons. The molecule has 0 atom stereocenters. The number of halogens is 2. The molecule has 1 N–H and O–H groups in total. The third-order valence-electron chi connectivity index (χ3n) is 4.63. The maximum Gasteiger partial charge on any atom is 0.328 e. The minimum absolute atomic E-state index is 0.0162. The summed E-state index contributed by atoms with van der Waals surface area (Å²) in [5.41, 5.74) is -0.625. The number of aromatic amines is 1. The summed E-state index contributed by atoms with van der Waals surface area (Å²) in [7, 11) is 0. The molecule has 9 heteroatoms. The van der Waals surface area contributed by atoms with Gasteiger partial charge in [-0.3, -0.25) is 23.9 Å². The number of rotatable bonds is 4. The maximum atomic E-state index is 12.6. The quantitative estimate of drug-likeness (QED) is 0.781. The van der Waals surface area contributed by atoms with Crippen LogP contribution in [0, 0.1) is 5.92 Å². The van der Waals surface area contributed by atoms with Crippen LogP contribution in [0.15, 0.2) is 40.1 Å². The summed E-state index contributed by atoms with van der Waals surface area (Å²) in [5, 5.41) is 0.729. The van der Waals surface area contributed by atoms with Crippen molar-refractivity contribution in [1.29, 1.82) is 0 Å². The Kier molecular flexibility index (Phi) is 5.82. The van der Waals surface area contributed by atoms with Gasteiger partial charge in [-0.15, -0.1) is 0 Å². The van der Waals surface area contributed by atoms with Crippen molar-refractivity contribution < 1.29 is 9.59 Å². The first-order chi connectivity index (χ1) is 12.8. The first-order valence-electron chi connectivity index (χ1n) is 8.42. The van der Waals surface area contributed by atoms with E-state index in [9.17, 15) is 19.2 Å². The van der Waals surface area contributed by atoms with Crippen LogP contribution < -0.4 is 11.2 Å². The van der Waals surface area contributed by atoms with E-state index in [1.807, 2.05) is 0 Å². The Morgan fingerprint density at radius 2 is 1.78 bits per heavy atom. The van der Waals surface area contributed by atoms with Crippen molar-refractivity contribution >= 4 is 34.9 Å². The molecule has 0 aliphatic carbocycles. The van der Waals surface area contributed by atoms with E-state index >= 15 is 0 Å². The van der Waals surface area contributed by atoms with Crippen molar-refractivity contribution in [2.75, 3.05) is 13.1 Å². The van der Waals surface area contributed by atoms with Crippen molar-refractivity contribution in [3.8, 4) is 0 Å². The van der Waals surface area contributed by atoms with Gasteiger partial charge >= 0.3 is 5.69 Å². The van der Waals surface area contributed by atoms with Gasteiger partial charge in [-0.2, -0.15) is 0 Å². The number of aromatic nitrogens is 2. The first kappa shape index (κ1) is 19.4. The van der Waals surface area contributed by atoms with Crippen molar-refractivity contribution in [3.63, 3.8) is 0 Å². The fraction of sp³-hybridized carbons (Fsp3) is 0.333. The van der Waals surface area contributed by atoms with Gasteiger partial charge in [-0.05, 0) is 31.0 Å². The Balaban J connectivity index is 1.60. The summed E-state index contributed by atoms with van der Waals surface area (Å²) < 4.78 is 1.15. The highest BCUT2D eigenvalue weighted by Crippen LogP contribution is 2.27. The molecule has 1 aliphatic rings. The van der Waals surface area contributed by atoms with Crippen LogP contribution in [-0.2, 0) is 11.3 Å². The van der Waals surface area contributed by atoms with Crippen molar-refractivity contribution in [3.05, 3.63) is 66.9 Å². The number of benzene rings is 1. The number of nitrogens with zero attached hydrogens (tertiary/aromatic N) is 2. The van der Waals surface area contributed by atoms with E-state index in [1.165, 1.54) is 12.3 Å². The number of piperidine rings is 1. The number of amides is 1. The van der Waals surface area contributed by atoms with Crippen LogP contribution in [0.1, 0.15) is 23.2 Å². The molecule has 0 radical (unpaired) electrons. The molecule has 1 aliphatic heterocycles. The summed E-state index contributed by atoms with van der Waals surface area (Å²) in [6.07, 6.45) is 2.36. The molecule has 1 amide bonds. The highest BCUT2D eigenvalue weighted by atomic mass is 35.5. The van der Waals surface area contributed by atoms with Crippen LogP contribution in [0.25, 0.3) is 0 Å². The largest absolute Gasteiger partial charge is 0.341 e. The third-order valence-corrected chi connectivity index (χ3v) is 5.36. The number of carbonyl (C=O) groups excluding carboxylic acids is 2. The summed E-state index contributed by atoms with van der Waals surface area (Å²) in [6.45, 7) is 0.699. The van der Waals surface area contributed by atoms with Crippen molar-refractivity contribution in [2.24, 2.45) is 5.92 Å². The minimum Gasteiger partial charge on any atom is -0.341 e. The van der Waals surface area contributed by atoms with Crippen LogP contribution in [0.2, 0.25) is 10.0 Å². The molecule has 1 aromatic heterocycles. The lowest BCUT2D eigenvalue weighted by atomic mass is 9.89. The van der Waals surface area contributed by atoms with Crippen LogP contribution in [0.5, 0.6) is 0 Å². The summed E-state index contributed by atoms with van der Waals surface area (Å²) in [4.78, 5) is 51.5. The number of Topliss-reactive ketones (excluding diaryl/α,β-unsaturated/α-hetero) is 1. The van der Waals surface area contributed by atoms with Crippen LogP contribution in [0.4, 0.5) is 0 Å². The lowest BCUT2D eigenvalue weighted by Gasteiger charge is -2.31. The molecule has 1 fully saturated rings. The molecule has 0 bridgehead atoms. The van der Waals surface area contributed by atoms with Gasteiger partial charge in [0.25, 0.3) is 5.56 Å². The zero-order chi connectivity index (χ0) is 19.6. The molecule has 2 heterocycles. The van der Waals surface area contributed by atoms with Gasteiger partial charge in [0.2, 0.25) is 5.91 Å². The highest BCUT2D eigenvalue weighted by molar-refractivity contribution is 6.42. The number of nitrogens with one attached hydrogen (secondary N) is 1. The molecule has 7 nitrogen and oxygen atoms in total. The second kappa shape index (κ2) is 8.10. The standard InChI is InChI=1S/C18H17Cl2N3O4/c19-13-2-1-12(9-14(13)20)17(26)11-3-6-22(7-4-11)16(25)10-23-8-5-15(24)21-18(23)27/h1-2,5,8-9,11H,3-4,6-7,10H2,(H,21,24,27). The Hall–Kier alpha value is -2.38. The summed E-state index contributed by atoms with van der Waals surface area (Å²) in [5.74, 6) is -0.441. The highest BCUT2D eigenvalue weighted by Gasteiger charge is 2.28. The molecule has 0 unspecified atom stereocenters. The van der Waals surface area contributed by atoms with E-state index < -0.39 is 11.2 Å². The Morgan fingerprint density at radius 3 is 2.41 bits per heavy atom. The average Bonchev–Trinajstić information content (AvgIpc) is 2.65. The fourth-order valence-electron chi connectivity index (χ4n) is 3.09. The van der Waals surface area contributed by atoms with Crippen LogP contribution in [-0.4, -0.2) is 39.2 Å². The molecule has 0 saturated carbocycles. The van der Waals surface area contributed by atoms with Gasteiger partial charge in [0.15, 0.2) is 5.78 Å². The maximum absolute atomic E-state index is 12.6. The second-order valence-electron chi connectivity index (χ2n) is 6.39. The number of hydrogen-bond acceptors (Lipinski definition) is 4. The van der Waals surface area contributed by atoms with Gasteiger partial charge in [-0.25, -0.2) is 4.79 Å². The van der Waals surface area contributed by atoms with Gasteiger partial charge in [-0.1, -0.05) is 23.2 Å². The number of ketones is 1. The SMILES string of the molecule is O=C(c1ccc(Cl)c(Cl)c1)C1CCN(C(=O)Cn2ccc(=O)[nH]c2=O)CC1. The van der Waals surface area contributed by atoms with Crippen LogP contribution >= 0.6 is 23.2 Å². The third kappa shape index (κ3) is 4.48. The zero-order valence-electron chi connectivity index (χ0n) is 14.3. The summed E-state index contributed by atoms with van der Waals surface area (Å²) in [6, 6.07) is 6.00.